The highest BCUT2D eigenvalue weighted by molar-refractivity contribution is 5.90. The molecular formula is C17H13N5O. The molecule has 0 fully saturated rings. The average Bonchev–Trinajstić information content (AvgIpc) is 2.97. The van der Waals surface area contributed by atoms with Crippen molar-refractivity contribution < 1.29 is 4.79 Å². The molecule has 6 heteroatoms. The van der Waals surface area contributed by atoms with Gasteiger partial charge >= 0.3 is 0 Å². The van der Waals surface area contributed by atoms with E-state index in [1.807, 2.05) is 24.3 Å². The third-order valence-corrected chi connectivity index (χ3v) is 3.74. The highest BCUT2D eigenvalue weighted by Crippen LogP contribution is 2.17. The number of aromatic nitrogens is 4. The maximum Gasteiger partial charge on any atom is 0.269 e. The molecule has 0 atom stereocenters. The van der Waals surface area contributed by atoms with Crippen molar-refractivity contribution in [3.63, 3.8) is 0 Å². The van der Waals surface area contributed by atoms with Crippen molar-refractivity contribution in [2.45, 2.75) is 6.42 Å². The molecule has 0 aliphatic carbocycles. The zero-order valence-electron chi connectivity index (χ0n) is 12.2. The summed E-state index contributed by atoms with van der Waals surface area (Å²) >= 11 is 0. The second kappa shape index (κ2) is 5.17. The summed E-state index contributed by atoms with van der Waals surface area (Å²) in [4.78, 5) is 19.9. The minimum absolute atomic E-state index is 0.222. The Hall–Kier alpha value is -3.28. The number of carbonyl (C=O) groups is 1. The molecule has 4 aromatic rings. The van der Waals surface area contributed by atoms with Crippen molar-refractivity contribution in [1.29, 1.82) is 0 Å². The molecule has 0 saturated heterocycles. The number of benzene rings is 1. The zero-order chi connectivity index (χ0) is 15.8. The molecule has 0 radical (unpaired) electrons. The second-order valence-corrected chi connectivity index (χ2v) is 5.31. The number of rotatable bonds is 3. The molecule has 0 aliphatic rings. The van der Waals surface area contributed by atoms with Crippen LogP contribution in [-0.4, -0.2) is 25.5 Å². The Morgan fingerprint density at radius 2 is 2.04 bits per heavy atom. The Labute approximate surface area is 131 Å². The quantitative estimate of drug-likeness (QED) is 0.627. The third kappa shape index (κ3) is 2.40. The van der Waals surface area contributed by atoms with Crippen molar-refractivity contribution in [1.82, 2.24) is 19.6 Å². The number of imidazole rings is 1. The predicted molar refractivity (Wildman–Crippen MR) is 86.1 cm³/mol. The Kier molecular flexibility index (Phi) is 3.01. The zero-order valence-corrected chi connectivity index (χ0v) is 12.2. The van der Waals surface area contributed by atoms with Gasteiger partial charge in [0.15, 0.2) is 5.65 Å². The van der Waals surface area contributed by atoms with Gasteiger partial charge < -0.3 is 5.73 Å². The smallest absolute Gasteiger partial charge is 0.269 e. The number of nitrogens with two attached hydrogens (primary N) is 1. The highest BCUT2D eigenvalue weighted by Gasteiger charge is 2.09. The number of primary amides is 1. The van der Waals surface area contributed by atoms with Crippen LogP contribution in [0.1, 0.15) is 21.7 Å². The molecule has 0 saturated carbocycles. The first kappa shape index (κ1) is 13.4. The molecular weight excluding hydrogens is 290 g/mol. The molecule has 0 unspecified atom stereocenters. The lowest BCUT2D eigenvalue weighted by Crippen LogP contribution is -2.15. The van der Waals surface area contributed by atoms with Gasteiger partial charge in [-0.05, 0) is 35.9 Å². The lowest BCUT2D eigenvalue weighted by Gasteiger charge is -2.04. The second-order valence-electron chi connectivity index (χ2n) is 5.31. The molecule has 6 nitrogen and oxygen atoms in total. The van der Waals surface area contributed by atoms with Crippen molar-refractivity contribution in [2.75, 3.05) is 0 Å². The summed E-state index contributed by atoms with van der Waals surface area (Å²) in [5.74, 6) is -0.552. The number of carbonyl (C=O) groups excluding carboxylic acids is 1. The van der Waals surface area contributed by atoms with Crippen LogP contribution in [0.2, 0.25) is 0 Å². The Morgan fingerprint density at radius 1 is 1.13 bits per heavy atom. The normalized spacial score (nSPS) is 11.1. The molecule has 3 heterocycles. The van der Waals surface area contributed by atoms with Gasteiger partial charge in [0.2, 0.25) is 0 Å². The molecule has 1 amide bonds. The fraction of sp³-hybridized carbons (Fsp3) is 0.0588. The van der Waals surface area contributed by atoms with Gasteiger partial charge in [-0.3, -0.25) is 9.78 Å². The largest absolute Gasteiger partial charge is 0.364 e. The highest BCUT2D eigenvalue weighted by atomic mass is 16.1. The van der Waals surface area contributed by atoms with E-state index in [-0.39, 0.29) is 5.69 Å². The first-order valence-corrected chi connectivity index (χ1v) is 7.18. The number of amides is 1. The van der Waals surface area contributed by atoms with E-state index >= 15 is 0 Å². The van der Waals surface area contributed by atoms with E-state index in [1.165, 1.54) is 0 Å². The molecule has 0 bridgehead atoms. The van der Waals surface area contributed by atoms with Crippen LogP contribution in [-0.2, 0) is 6.42 Å². The van der Waals surface area contributed by atoms with E-state index in [1.54, 1.807) is 29.0 Å². The van der Waals surface area contributed by atoms with E-state index in [0.717, 1.165) is 22.2 Å². The average molecular weight is 303 g/mol. The fourth-order valence-electron chi connectivity index (χ4n) is 2.62. The van der Waals surface area contributed by atoms with Crippen LogP contribution in [0.15, 0.2) is 54.9 Å². The molecule has 23 heavy (non-hydrogen) atoms. The van der Waals surface area contributed by atoms with Crippen LogP contribution in [0.5, 0.6) is 0 Å². The monoisotopic (exact) mass is 303 g/mol. The molecule has 4 rings (SSSR count). The van der Waals surface area contributed by atoms with Crippen molar-refractivity contribution in [3.8, 4) is 0 Å². The Bertz CT molecular complexity index is 1040. The Balaban J connectivity index is 1.76. The van der Waals surface area contributed by atoms with E-state index in [0.29, 0.717) is 12.1 Å². The summed E-state index contributed by atoms with van der Waals surface area (Å²) in [7, 11) is 0. The van der Waals surface area contributed by atoms with Gasteiger partial charge in [0.05, 0.1) is 17.4 Å². The Morgan fingerprint density at radius 3 is 2.91 bits per heavy atom. The molecule has 112 valence electrons. The van der Waals surface area contributed by atoms with Gasteiger partial charge in [-0.15, -0.1) is 0 Å². The molecule has 0 spiro atoms. The minimum Gasteiger partial charge on any atom is -0.364 e. The maximum absolute atomic E-state index is 11.3. The lowest BCUT2D eigenvalue weighted by molar-refractivity contribution is 0.0994. The van der Waals surface area contributed by atoms with E-state index in [9.17, 15) is 4.79 Å². The first-order valence-electron chi connectivity index (χ1n) is 7.18. The molecule has 2 N–H and O–H groups in total. The van der Waals surface area contributed by atoms with Gasteiger partial charge in [0.25, 0.3) is 5.91 Å². The van der Waals surface area contributed by atoms with Crippen LogP contribution in [0.3, 0.4) is 0 Å². The van der Waals surface area contributed by atoms with Crippen LogP contribution < -0.4 is 5.73 Å². The van der Waals surface area contributed by atoms with Gasteiger partial charge in [-0.2, -0.15) is 5.10 Å². The van der Waals surface area contributed by atoms with Crippen molar-refractivity contribution >= 4 is 22.5 Å². The van der Waals surface area contributed by atoms with Crippen LogP contribution in [0.25, 0.3) is 16.6 Å². The number of hydrogen-bond acceptors (Lipinski definition) is 4. The van der Waals surface area contributed by atoms with Crippen molar-refractivity contribution in [2.24, 2.45) is 5.73 Å². The number of pyridine rings is 1. The predicted octanol–water partition coefficient (Wildman–Crippen LogP) is 1.97. The summed E-state index contributed by atoms with van der Waals surface area (Å²) in [5.41, 5.74) is 9.19. The number of nitrogens with zero attached hydrogens (tertiary/aromatic N) is 4. The molecule has 1 aromatic carbocycles. The third-order valence-electron chi connectivity index (χ3n) is 3.74. The van der Waals surface area contributed by atoms with Gasteiger partial charge in [-0.25, -0.2) is 9.50 Å². The minimum atomic E-state index is -0.552. The standard InChI is InChI=1S/C17H13N5O/c18-17(23)15-5-6-16-20-10-13(22(16)21-15)9-11-3-4-14-12(8-11)2-1-7-19-14/h1-8,10H,9H2,(H2,18,23). The van der Waals surface area contributed by atoms with Crippen LogP contribution >= 0.6 is 0 Å². The first-order chi connectivity index (χ1) is 11.2. The van der Waals surface area contributed by atoms with Crippen molar-refractivity contribution in [3.05, 3.63) is 71.8 Å². The SMILES string of the molecule is NC(=O)c1ccc2ncc(Cc3ccc4ncccc4c3)n2n1. The summed E-state index contributed by atoms with van der Waals surface area (Å²) < 4.78 is 1.66. The summed E-state index contributed by atoms with van der Waals surface area (Å²) in [6.07, 6.45) is 4.20. The topological polar surface area (TPSA) is 86.2 Å². The van der Waals surface area contributed by atoms with Gasteiger partial charge in [0, 0.05) is 18.0 Å². The van der Waals surface area contributed by atoms with E-state index in [4.69, 9.17) is 5.73 Å². The van der Waals surface area contributed by atoms with Gasteiger partial charge in [0.1, 0.15) is 5.69 Å². The number of fused-ring (bicyclic) bond motifs is 2. The molecule has 0 aliphatic heterocycles. The molecule has 3 aromatic heterocycles. The lowest BCUT2D eigenvalue weighted by atomic mass is 10.1. The fourth-order valence-corrected chi connectivity index (χ4v) is 2.62. The summed E-state index contributed by atoms with van der Waals surface area (Å²) in [6, 6.07) is 13.4. The number of hydrogen-bond donors (Lipinski definition) is 1. The van der Waals surface area contributed by atoms with E-state index in [2.05, 4.69) is 21.1 Å². The summed E-state index contributed by atoms with van der Waals surface area (Å²) in [6.45, 7) is 0. The van der Waals surface area contributed by atoms with Crippen LogP contribution in [0.4, 0.5) is 0 Å². The van der Waals surface area contributed by atoms with Gasteiger partial charge in [-0.1, -0.05) is 12.1 Å². The van der Waals surface area contributed by atoms with Crippen LogP contribution in [0, 0.1) is 0 Å². The summed E-state index contributed by atoms with van der Waals surface area (Å²) in [5, 5.41) is 5.35. The maximum atomic E-state index is 11.3. The van der Waals surface area contributed by atoms with E-state index < -0.39 is 5.91 Å².